The summed E-state index contributed by atoms with van der Waals surface area (Å²) in [6.45, 7) is 0. The van der Waals surface area contributed by atoms with Crippen LogP contribution in [0, 0.1) is 0 Å². The number of hydrogen-bond donors (Lipinski definition) is 0. The Kier molecular flexibility index (Phi) is 4.23. The number of rotatable bonds is 1. The molecule has 0 aromatic rings. The van der Waals surface area contributed by atoms with Crippen molar-refractivity contribution >= 4 is 5.96 Å². The molecule has 0 bridgehead atoms. The normalized spacial score (nSPS) is 19.6. The van der Waals surface area contributed by atoms with Crippen molar-refractivity contribution in [1.29, 1.82) is 0 Å². The lowest BCUT2D eigenvalue weighted by Crippen LogP contribution is -2.44. The zero-order valence-corrected chi connectivity index (χ0v) is 9.95. The molecule has 0 heterocycles. The SMILES string of the molecule is CN=C(N(C)C)N(C)C1CCCCC1. The van der Waals surface area contributed by atoms with Crippen molar-refractivity contribution in [2.45, 2.75) is 38.1 Å². The topological polar surface area (TPSA) is 18.8 Å². The number of nitrogens with zero attached hydrogens (tertiary/aromatic N) is 3. The van der Waals surface area contributed by atoms with Crippen molar-refractivity contribution in [2.24, 2.45) is 4.99 Å². The van der Waals surface area contributed by atoms with Crippen LogP contribution in [0.25, 0.3) is 0 Å². The molecule has 1 fully saturated rings. The summed E-state index contributed by atoms with van der Waals surface area (Å²) in [6, 6.07) is 0.699. The maximum Gasteiger partial charge on any atom is 0.195 e. The molecule has 1 aliphatic rings. The van der Waals surface area contributed by atoms with Gasteiger partial charge in [-0.25, -0.2) is 0 Å². The van der Waals surface area contributed by atoms with Crippen LogP contribution in [0.15, 0.2) is 4.99 Å². The molecule has 1 aliphatic carbocycles. The molecule has 3 nitrogen and oxygen atoms in total. The van der Waals surface area contributed by atoms with Crippen LogP contribution in [0.5, 0.6) is 0 Å². The zero-order valence-electron chi connectivity index (χ0n) is 9.95. The Balaban J connectivity index is 2.57. The third-order valence-electron chi connectivity index (χ3n) is 3.04. The van der Waals surface area contributed by atoms with Crippen LogP contribution < -0.4 is 0 Å². The van der Waals surface area contributed by atoms with Gasteiger partial charge in [0.2, 0.25) is 0 Å². The molecular weight excluding hydrogens is 174 g/mol. The molecule has 0 aromatic carbocycles. The van der Waals surface area contributed by atoms with E-state index < -0.39 is 0 Å². The van der Waals surface area contributed by atoms with Crippen LogP contribution in [0.3, 0.4) is 0 Å². The van der Waals surface area contributed by atoms with Crippen LogP contribution in [-0.2, 0) is 0 Å². The standard InChI is InChI=1S/C11H23N3/c1-12-11(13(2)3)14(4)10-8-6-5-7-9-10/h10H,5-9H2,1-4H3. The Morgan fingerprint density at radius 1 is 1.07 bits per heavy atom. The van der Waals surface area contributed by atoms with Gasteiger partial charge in [-0.2, -0.15) is 0 Å². The van der Waals surface area contributed by atoms with E-state index in [1.807, 2.05) is 7.05 Å². The summed E-state index contributed by atoms with van der Waals surface area (Å²) in [5.74, 6) is 1.09. The van der Waals surface area contributed by atoms with E-state index in [-0.39, 0.29) is 0 Å². The molecule has 0 N–H and O–H groups in total. The van der Waals surface area contributed by atoms with Gasteiger partial charge < -0.3 is 9.80 Å². The summed E-state index contributed by atoms with van der Waals surface area (Å²) < 4.78 is 0. The van der Waals surface area contributed by atoms with E-state index >= 15 is 0 Å². The Hall–Kier alpha value is -0.730. The lowest BCUT2D eigenvalue weighted by Gasteiger charge is -2.35. The van der Waals surface area contributed by atoms with Gasteiger partial charge in [-0.1, -0.05) is 19.3 Å². The molecule has 0 amide bonds. The number of hydrogen-bond acceptors (Lipinski definition) is 1. The zero-order chi connectivity index (χ0) is 10.6. The highest BCUT2D eigenvalue weighted by Gasteiger charge is 2.21. The minimum absolute atomic E-state index is 0.699. The molecule has 1 rings (SSSR count). The first-order valence-electron chi connectivity index (χ1n) is 5.53. The summed E-state index contributed by atoms with van der Waals surface area (Å²) in [5.41, 5.74) is 0. The predicted molar refractivity (Wildman–Crippen MR) is 61.7 cm³/mol. The van der Waals surface area contributed by atoms with Gasteiger partial charge in [-0.05, 0) is 12.8 Å². The molecule has 1 saturated carbocycles. The second-order valence-electron chi connectivity index (χ2n) is 4.32. The minimum atomic E-state index is 0.699. The van der Waals surface area contributed by atoms with Gasteiger partial charge in [0.15, 0.2) is 5.96 Å². The molecule has 0 radical (unpaired) electrons. The first-order valence-corrected chi connectivity index (χ1v) is 5.53. The van der Waals surface area contributed by atoms with Crippen molar-refractivity contribution in [3.63, 3.8) is 0 Å². The minimum Gasteiger partial charge on any atom is -0.349 e. The van der Waals surface area contributed by atoms with Gasteiger partial charge in [0.1, 0.15) is 0 Å². The molecule has 0 unspecified atom stereocenters. The van der Waals surface area contributed by atoms with Crippen LogP contribution in [0.4, 0.5) is 0 Å². The van der Waals surface area contributed by atoms with Crippen molar-refractivity contribution in [1.82, 2.24) is 9.80 Å². The van der Waals surface area contributed by atoms with E-state index in [0.29, 0.717) is 6.04 Å². The molecule has 0 atom stereocenters. The average molecular weight is 197 g/mol. The maximum absolute atomic E-state index is 4.33. The van der Waals surface area contributed by atoms with Crippen molar-refractivity contribution in [3.8, 4) is 0 Å². The van der Waals surface area contributed by atoms with Gasteiger partial charge in [-0.15, -0.1) is 0 Å². The van der Waals surface area contributed by atoms with E-state index in [2.05, 4.69) is 35.9 Å². The van der Waals surface area contributed by atoms with Gasteiger partial charge in [-0.3, -0.25) is 4.99 Å². The van der Waals surface area contributed by atoms with Gasteiger partial charge >= 0.3 is 0 Å². The predicted octanol–water partition coefficient (Wildman–Crippen LogP) is 1.80. The summed E-state index contributed by atoms with van der Waals surface area (Å²) >= 11 is 0. The monoisotopic (exact) mass is 197 g/mol. The Morgan fingerprint density at radius 3 is 2.07 bits per heavy atom. The smallest absolute Gasteiger partial charge is 0.195 e. The molecular formula is C11H23N3. The van der Waals surface area contributed by atoms with E-state index in [1.54, 1.807) is 0 Å². The maximum atomic E-state index is 4.33. The Morgan fingerprint density at radius 2 is 1.64 bits per heavy atom. The van der Waals surface area contributed by atoms with E-state index in [9.17, 15) is 0 Å². The fourth-order valence-corrected chi connectivity index (χ4v) is 2.30. The molecule has 0 aromatic heterocycles. The number of guanidine groups is 1. The third-order valence-corrected chi connectivity index (χ3v) is 3.04. The van der Waals surface area contributed by atoms with Crippen LogP contribution >= 0.6 is 0 Å². The van der Waals surface area contributed by atoms with Gasteiger partial charge in [0.05, 0.1) is 0 Å². The fraction of sp³-hybridized carbons (Fsp3) is 0.909. The molecule has 3 heteroatoms. The molecule has 14 heavy (non-hydrogen) atoms. The van der Waals surface area contributed by atoms with E-state index in [4.69, 9.17) is 0 Å². The highest BCUT2D eigenvalue weighted by atomic mass is 15.4. The van der Waals surface area contributed by atoms with Crippen molar-refractivity contribution in [2.75, 3.05) is 28.2 Å². The first kappa shape index (κ1) is 11.3. The van der Waals surface area contributed by atoms with Crippen LogP contribution in [0.1, 0.15) is 32.1 Å². The molecule has 0 saturated heterocycles. The second kappa shape index (κ2) is 5.23. The highest BCUT2D eigenvalue weighted by molar-refractivity contribution is 5.79. The van der Waals surface area contributed by atoms with E-state index in [0.717, 1.165) is 5.96 Å². The van der Waals surface area contributed by atoms with Crippen molar-refractivity contribution < 1.29 is 0 Å². The van der Waals surface area contributed by atoms with Gasteiger partial charge in [0, 0.05) is 34.2 Å². The number of aliphatic imine (C=N–C) groups is 1. The summed E-state index contributed by atoms with van der Waals surface area (Å²) in [4.78, 5) is 8.76. The van der Waals surface area contributed by atoms with E-state index in [1.165, 1.54) is 32.1 Å². The Labute approximate surface area is 87.8 Å². The summed E-state index contributed by atoms with van der Waals surface area (Å²) in [7, 11) is 8.15. The first-order chi connectivity index (χ1) is 6.66. The highest BCUT2D eigenvalue weighted by Crippen LogP contribution is 2.21. The molecule has 0 aliphatic heterocycles. The lowest BCUT2D eigenvalue weighted by molar-refractivity contribution is 0.257. The quantitative estimate of drug-likeness (QED) is 0.471. The van der Waals surface area contributed by atoms with Gasteiger partial charge in [0.25, 0.3) is 0 Å². The van der Waals surface area contributed by atoms with Crippen molar-refractivity contribution in [3.05, 3.63) is 0 Å². The molecule has 0 spiro atoms. The largest absolute Gasteiger partial charge is 0.349 e. The second-order valence-corrected chi connectivity index (χ2v) is 4.32. The lowest BCUT2D eigenvalue weighted by atomic mass is 9.95. The van der Waals surface area contributed by atoms with Crippen LogP contribution in [0.2, 0.25) is 0 Å². The molecule has 82 valence electrons. The third kappa shape index (κ3) is 2.63. The average Bonchev–Trinajstić information content (AvgIpc) is 2.19. The Bertz CT molecular complexity index is 193. The summed E-state index contributed by atoms with van der Waals surface area (Å²) in [6.07, 6.45) is 6.80. The summed E-state index contributed by atoms with van der Waals surface area (Å²) in [5, 5.41) is 0. The van der Waals surface area contributed by atoms with Crippen LogP contribution in [-0.4, -0.2) is 50.0 Å². The fourth-order valence-electron chi connectivity index (χ4n) is 2.30.